The summed E-state index contributed by atoms with van der Waals surface area (Å²) in [7, 11) is 0. The van der Waals surface area contributed by atoms with E-state index >= 15 is 0 Å². The Morgan fingerprint density at radius 2 is 2.24 bits per heavy atom. The molecule has 4 heteroatoms. The summed E-state index contributed by atoms with van der Waals surface area (Å²) in [5, 5.41) is 2.94. The van der Waals surface area contributed by atoms with Gasteiger partial charge < -0.3 is 15.8 Å². The predicted molar refractivity (Wildman–Crippen MR) is 65.4 cm³/mol. The highest BCUT2D eigenvalue weighted by Gasteiger charge is 2.19. The second-order valence-corrected chi connectivity index (χ2v) is 4.35. The Hall–Kier alpha value is -1.39. The average molecular weight is 234 g/mol. The van der Waals surface area contributed by atoms with Crippen molar-refractivity contribution in [1.82, 2.24) is 5.32 Å². The molecule has 1 amide bonds. The molecule has 1 aliphatic heterocycles. The summed E-state index contributed by atoms with van der Waals surface area (Å²) in [6, 6.07) is 9.60. The van der Waals surface area contributed by atoms with Crippen LogP contribution < -0.4 is 11.1 Å². The van der Waals surface area contributed by atoms with Gasteiger partial charge in [0.1, 0.15) is 0 Å². The molecule has 1 aromatic carbocycles. The molecule has 2 unspecified atom stereocenters. The van der Waals surface area contributed by atoms with Crippen LogP contribution in [-0.2, 0) is 9.53 Å². The van der Waals surface area contributed by atoms with Gasteiger partial charge in [-0.1, -0.05) is 30.3 Å². The minimum Gasteiger partial charge on any atom is -0.379 e. The zero-order chi connectivity index (χ0) is 12.1. The van der Waals surface area contributed by atoms with Gasteiger partial charge in [-0.2, -0.15) is 0 Å². The number of hydrogen-bond acceptors (Lipinski definition) is 3. The SMILES string of the molecule is NC(CC(=O)NC1CCOC1)c1ccccc1. The van der Waals surface area contributed by atoms with Crippen molar-refractivity contribution in [3.63, 3.8) is 0 Å². The third-order valence-corrected chi connectivity index (χ3v) is 2.93. The van der Waals surface area contributed by atoms with E-state index in [0.717, 1.165) is 18.6 Å². The van der Waals surface area contributed by atoms with Crippen molar-refractivity contribution in [2.75, 3.05) is 13.2 Å². The lowest BCUT2D eigenvalue weighted by molar-refractivity contribution is -0.122. The number of benzene rings is 1. The quantitative estimate of drug-likeness (QED) is 0.816. The number of rotatable bonds is 4. The van der Waals surface area contributed by atoms with Gasteiger partial charge in [-0.15, -0.1) is 0 Å². The first-order valence-corrected chi connectivity index (χ1v) is 5.93. The first-order chi connectivity index (χ1) is 8.25. The van der Waals surface area contributed by atoms with Crippen LogP contribution in [0.5, 0.6) is 0 Å². The van der Waals surface area contributed by atoms with Crippen molar-refractivity contribution >= 4 is 5.91 Å². The maximum Gasteiger partial charge on any atom is 0.222 e. The second kappa shape index (κ2) is 5.80. The number of amides is 1. The summed E-state index contributed by atoms with van der Waals surface area (Å²) in [6.07, 6.45) is 1.22. The lowest BCUT2D eigenvalue weighted by atomic mass is 10.0. The maximum absolute atomic E-state index is 11.7. The molecular weight excluding hydrogens is 216 g/mol. The van der Waals surface area contributed by atoms with Gasteiger partial charge >= 0.3 is 0 Å². The standard InChI is InChI=1S/C13H18N2O2/c14-12(10-4-2-1-3-5-10)8-13(16)15-11-6-7-17-9-11/h1-5,11-12H,6-9,14H2,(H,15,16). The van der Waals surface area contributed by atoms with Crippen LogP contribution in [0.3, 0.4) is 0 Å². The molecule has 2 atom stereocenters. The molecule has 1 aliphatic rings. The summed E-state index contributed by atoms with van der Waals surface area (Å²) in [5.74, 6) is -0.00291. The predicted octanol–water partition coefficient (Wildman–Crippen LogP) is 0.982. The number of nitrogens with one attached hydrogen (secondary N) is 1. The maximum atomic E-state index is 11.7. The van der Waals surface area contributed by atoms with Crippen LogP contribution in [0.1, 0.15) is 24.4 Å². The molecule has 2 rings (SSSR count). The van der Waals surface area contributed by atoms with Crippen LogP contribution in [0, 0.1) is 0 Å². The molecule has 1 fully saturated rings. The Morgan fingerprint density at radius 1 is 1.47 bits per heavy atom. The molecule has 0 aromatic heterocycles. The van der Waals surface area contributed by atoms with E-state index < -0.39 is 0 Å². The number of ether oxygens (including phenoxy) is 1. The van der Waals surface area contributed by atoms with Crippen LogP contribution in [0.4, 0.5) is 0 Å². The van der Waals surface area contributed by atoms with Gasteiger partial charge in [-0.25, -0.2) is 0 Å². The van der Waals surface area contributed by atoms with E-state index in [1.807, 2.05) is 30.3 Å². The van der Waals surface area contributed by atoms with Crippen LogP contribution in [-0.4, -0.2) is 25.2 Å². The fraction of sp³-hybridized carbons (Fsp3) is 0.462. The molecule has 17 heavy (non-hydrogen) atoms. The zero-order valence-corrected chi connectivity index (χ0v) is 9.76. The molecule has 0 saturated carbocycles. The van der Waals surface area contributed by atoms with Crippen LogP contribution >= 0.6 is 0 Å². The van der Waals surface area contributed by atoms with Gasteiger partial charge in [-0.3, -0.25) is 4.79 Å². The molecule has 4 nitrogen and oxygen atoms in total. The lowest BCUT2D eigenvalue weighted by Crippen LogP contribution is -2.36. The van der Waals surface area contributed by atoms with Gasteiger partial charge in [-0.05, 0) is 12.0 Å². The van der Waals surface area contributed by atoms with E-state index in [1.54, 1.807) is 0 Å². The zero-order valence-electron chi connectivity index (χ0n) is 9.76. The monoisotopic (exact) mass is 234 g/mol. The molecule has 1 aromatic rings. The number of carbonyl (C=O) groups is 1. The van der Waals surface area contributed by atoms with Crippen molar-refractivity contribution < 1.29 is 9.53 Å². The molecule has 92 valence electrons. The van der Waals surface area contributed by atoms with Crippen LogP contribution in [0.25, 0.3) is 0 Å². The molecular formula is C13H18N2O2. The van der Waals surface area contributed by atoms with Gasteiger partial charge in [0, 0.05) is 19.1 Å². The fourth-order valence-corrected chi connectivity index (χ4v) is 1.95. The van der Waals surface area contributed by atoms with E-state index in [4.69, 9.17) is 10.5 Å². The fourth-order valence-electron chi connectivity index (χ4n) is 1.95. The summed E-state index contributed by atoms with van der Waals surface area (Å²) < 4.78 is 5.20. The van der Waals surface area contributed by atoms with Crippen LogP contribution in [0.15, 0.2) is 30.3 Å². The number of carbonyl (C=O) groups excluding carboxylic acids is 1. The van der Waals surface area contributed by atoms with Crippen molar-refractivity contribution in [3.8, 4) is 0 Å². The lowest BCUT2D eigenvalue weighted by Gasteiger charge is -2.14. The summed E-state index contributed by atoms with van der Waals surface area (Å²) >= 11 is 0. The third kappa shape index (κ3) is 3.54. The first-order valence-electron chi connectivity index (χ1n) is 5.93. The Balaban J connectivity index is 1.81. The van der Waals surface area contributed by atoms with E-state index in [0.29, 0.717) is 13.0 Å². The Bertz CT molecular complexity index is 361. The molecule has 3 N–H and O–H groups in total. The van der Waals surface area contributed by atoms with E-state index in [9.17, 15) is 4.79 Å². The number of hydrogen-bond donors (Lipinski definition) is 2. The van der Waals surface area contributed by atoms with Gasteiger partial charge in [0.05, 0.1) is 12.6 Å². The normalized spacial score (nSPS) is 21.1. The topological polar surface area (TPSA) is 64.4 Å². The third-order valence-electron chi connectivity index (χ3n) is 2.93. The summed E-state index contributed by atoms with van der Waals surface area (Å²) in [4.78, 5) is 11.7. The van der Waals surface area contributed by atoms with Crippen molar-refractivity contribution in [2.24, 2.45) is 5.73 Å². The van der Waals surface area contributed by atoms with Crippen molar-refractivity contribution in [3.05, 3.63) is 35.9 Å². The molecule has 1 saturated heterocycles. The second-order valence-electron chi connectivity index (χ2n) is 4.35. The highest BCUT2D eigenvalue weighted by molar-refractivity contribution is 5.77. The summed E-state index contributed by atoms with van der Waals surface area (Å²) in [5.41, 5.74) is 6.97. The molecule has 1 heterocycles. The van der Waals surface area contributed by atoms with Crippen molar-refractivity contribution in [2.45, 2.75) is 24.9 Å². The highest BCUT2D eigenvalue weighted by atomic mass is 16.5. The largest absolute Gasteiger partial charge is 0.379 e. The van der Waals surface area contributed by atoms with Crippen molar-refractivity contribution in [1.29, 1.82) is 0 Å². The first kappa shape index (κ1) is 12.1. The van der Waals surface area contributed by atoms with E-state index in [2.05, 4.69) is 5.32 Å². The molecule has 0 bridgehead atoms. The van der Waals surface area contributed by atoms with Gasteiger partial charge in [0.15, 0.2) is 0 Å². The molecule has 0 aliphatic carbocycles. The molecule has 0 radical (unpaired) electrons. The Morgan fingerprint density at radius 3 is 2.88 bits per heavy atom. The van der Waals surface area contributed by atoms with Gasteiger partial charge in [0.25, 0.3) is 0 Å². The summed E-state index contributed by atoms with van der Waals surface area (Å²) in [6.45, 7) is 1.35. The average Bonchev–Trinajstić information content (AvgIpc) is 2.82. The van der Waals surface area contributed by atoms with E-state index in [1.165, 1.54) is 0 Å². The minimum atomic E-state index is -0.237. The number of nitrogens with two attached hydrogens (primary N) is 1. The molecule has 0 spiro atoms. The Kier molecular flexibility index (Phi) is 4.12. The van der Waals surface area contributed by atoms with Crippen LogP contribution in [0.2, 0.25) is 0 Å². The highest BCUT2D eigenvalue weighted by Crippen LogP contribution is 2.13. The smallest absolute Gasteiger partial charge is 0.222 e. The minimum absolute atomic E-state index is 0.00291. The van der Waals surface area contributed by atoms with Gasteiger partial charge in [0.2, 0.25) is 5.91 Å². The Labute approximate surface area is 101 Å². The van der Waals surface area contributed by atoms with E-state index in [-0.39, 0.29) is 18.0 Å².